The molecule has 1 aromatic rings. The van der Waals surface area contributed by atoms with Gasteiger partial charge >= 0.3 is 0 Å². The van der Waals surface area contributed by atoms with Crippen LogP contribution < -0.4 is 10.6 Å². The van der Waals surface area contributed by atoms with Gasteiger partial charge < -0.3 is 15.4 Å². The number of anilines is 2. The van der Waals surface area contributed by atoms with Crippen molar-refractivity contribution in [3.05, 3.63) is 18.2 Å². The Bertz CT molecular complexity index is 406. The smallest absolute Gasteiger partial charge is 0.128 e. The summed E-state index contributed by atoms with van der Waals surface area (Å²) in [6, 6.07) is 6.50. The van der Waals surface area contributed by atoms with Crippen LogP contribution in [0.1, 0.15) is 26.2 Å². The molecular weight excluding hydrogens is 226 g/mol. The zero-order chi connectivity index (χ0) is 12.4. The molecule has 4 nitrogen and oxygen atoms in total. The zero-order valence-electron chi connectivity index (χ0n) is 10.9. The first-order chi connectivity index (χ1) is 8.86. The Morgan fingerprint density at radius 3 is 2.89 bits per heavy atom. The summed E-state index contributed by atoms with van der Waals surface area (Å²) in [6.07, 6.45) is 4.14. The fourth-order valence-corrected chi connectivity index (χ4v) is 2.64. The van der Waals surface area contributed by atoms with Crippen molar-refractivity contribution < 1.29 is 4.74 Å². The third-order valence-corrected chi connectivity index (χ3v) is 3.66. The second kappa shape index (κ2) is 5.14. The predicted molar refractivity (Wildman–Crippen MR) is 72.9 cm³/mol. The summed E-state index contributed by atoms with van der Waals surface area (Å²) in [5.74, 6) is 2.67. The van der Waals surface area contributed by atoms with E-state index < -0.39 is 0 Å². The van der Waals surface area contributed by atoms with E-state index in [0.29, 0.717) is 12.1 Å². The summed E-state index contributed by atoms with van der Waals surface area (Å²) in [6.45, 7) is 3.86. The van der Waals surface area contributed by atoms with Gasteiger partial charge in [0.25, 0.3) is 0 Å². The molecule has 2 unspecified atom stereocenters. The average molecular weight is 247 g/mol. The second-order valence-corrected chi connectivity index (χ2v) is 5.15. The van der Waals surface area contributed by atoms with E-state index in [2.05, 4.69) is 22.5 Å². The summed E-state index contributed by atoms with van der Waals surface area (Å²) in [5.41, 5.74) is 0. The van der Waals surface area contributed by atoms with Gasteiger partial charge in [-0.3, -0.25) is 0 Å². The third-order valence-electron chi connectivity index (χ3n) is 3.66. The highest BCUT2D eigenvalue weighted by molar-refractivity contribution is 5.45. The summed E-state index contributed by atoms with van der Waals surface area (Å²) in [5, 5.41) is 6.77. The Labute approximate surface area is 108 Å². The zero-order valence-corrected chi connectivity index (χ0v) is 10.9. The molecule has 1 aliphatic heterocycles. The van der Waals surface area contributed by atoms with Crippen LogP contribution in [-0.4, -0.2) is 30.3 Å². The Balaban J connectivity index is 1.65. The minimum atomic E-state index is 0.398. The fraction of sp³-hybridized carbons (Fsp3) is 0.643. The third kappa shape index (κ3) is 2.58. The number of aromatic nitrogens is 1. The van der Waals surface area contributed by atoms with Gasteiger partial charge in [0.2, 0.25) is 0 Å². The quantitative estimate of drug-likeness (QED) is 0.839. The van der Waals surface area contributed by atoms with Crippen LogP contribution in [-0.2, 0) is 4.74 Å². The van der Waals surface area contributed by atoms with Gasteiger partial charge in [-0.25, -0.2) is 4.98 Å². The van der Waals surface area contributed by atoms with Gasteiger partial charge in [0.1, 0.15) is 11.6 Å². The lowest BCUT2D eigenvalue weighted by Crippen LogP contribution is -2.31. The summed E-state index contributed by atoms with van der Waals surface area (Å²) in [7, 11) is 0. The van der Waals surface area contributed by atoms with Gasteiger partial charge in [0.15, 0.2) is 0 Å². The van der Waals surface area contributed by atoms with Gasteiger partial charge in [-0.1, -0.05) is 6.07 Å². The van der Waals surface area contributed by atoms with Gasteiger partial charge in [-0.15, -0.1) is 0 Å². The van der Waals surface area contributed by atoms with Crippen LogP contribution in [0.2, 0.25) is 0 Å². The van der Waals surface area contributed by atoms with Crippen molar-refractivity contribution >= 4 is 11.6 Å². The van der Waals surface area contributed by atoms with Crippen LogP contribution in [0.15, 0.2) is 18.2 Å². The molecule has 3 rings (SSSR count). The summed E-state index contributed by atoms with van der Waals surface area (Å²) < 4.78 is 5.83. The minimum absolute atomic E-state index is 0.398. The molecule has 1 aromatic heterocycles. The number of hydrogen-bond acceptors (Lipinski definition) is 4. The molecule has 0 radical (unpaired) electrons. The maximum atomic E-state index is 5.83. The maximum absolute atomic E-state index is 5.83. The number of nitrogens with zero attached hydrogens (tertiary/aromatic N) is 1. The molecule has 2 aliphatic rings. The normalized spacial score (nSPS) is 27.2. The first kappa shape index (κ1) is 11.8. The molecular formula is C14H21N3O. The van der Waals surface area contributed by atoms with Gasteiger partial charge in [0, 0.05) is 13.2 Å². The molecule has 0 spiro atoms. The maximum Gasteiger partial charge on any atom is 0.128 e. The highest BCUT2D eigenvalue weighted by Gasteiger charge is 2.40. The molecule has 4 heteroatoms. The summed E-state index contributed by atoms with van der Waals surface area (Å²) in [4.78, 5) is 4.56. The van der Waals surface area contributed by atoms with E-state index in [9.17, 15) is 0 Å². The molecule has 1 saturated carbocycles. The van der Waals surface area contributed by atoms with E-state index in [0.717, 1.165) is 37.1 Å². The SMILES string of the molecule is CCNc1cccc(NC2CCOC2C2CC2)n1. The van der Waals surface area contributed by atoms with E-state index >= 15 is 0 Å². The molecule has 2 heterocycles. The van der Waals surface area contributed by atoms with E-state index in [1.165, 1.54) is 12.8 Å². The van der Waals surface area contributed by atoms with Crippen molar-refractivity contribution in [2.45, 2.75) is 38.3 Å². The molecule has 2 atom stereocenters. The topological polar surface area (TPSA) is 46.2 Å². The number of hydrogen-bond donors (Lipinski definition) is 2. The lowest BCUT2D eigenvalue weighted by atomic mass is 10.1. The standard InChI is InChI=1S/C14H21N3O/c1-2-15-12-4-3-5-13(17-12)16-11-8-9-18-14(11)10-6-7-10/h3-5,10-11,14H,2,6-9H2,1H3,(H2,15,16,17). The van der Waals surface area contributed by atoms with Crippen molar-refractivity contribution in [1.29, 1.82) is 0 Å². The molecule has 1 aliphatic carbocycles. The van der Waals surface area contributed by atoms with Crippen LogP contribution >= 0.6 is 0 Å². The molecule has 1 saturated heterocycles. The molecule has 98 valence electrons. The highest BCUT2D eigenvalue weighted by Crippen LogP contribution is 2.39. The molecule has 2 N–H and O–H groups in total. The first-order valence-electron chi connectivity index (χ1n) is 6.96. The number of rotatable bonds is 5. The highest BCUT2D eigenvalue weighted by atomic mass is 16.5. The lowest BCUT2D eigenvalue weighted by Gasteiger charge is -2.20. The van der Waals surface area contributed by atoms with E-state index in [1.54, 1.807) is 0 Å². The van der Waals surface area contributed by atoms with Gasteiger partial charge in [-0.2, -0.15) is 0 Å². The second-order valence-electron chi connectivity index (χ2n) is 5.15. The number of nitrogens with one attached hydrogen (secondary N) is 2. The Morgan fingerprint density at radius 1 is 1.28 bits per heavy atom. The van der Waals surface area contributed by atoms with Crippen molar-refractivity contribution in [3.8, 4) is 0 Å². The van der Waals surface area contributed by atoms with Gasteiger partial charge in [-0.05, 0) is 44.2 Å². The Morgan fingerprint density at radius 2 is 2.11 bits per heavy atom. The number of pyridine rings is 1. The lowest BCUT2D eigenvalue weighted by molar-refractivity contribution is 0.0898. The Hall–Kier alpha value is -1.29. The molecule has 18 heavy (non-hydrogen) atoms. The largest absolute Gasteiger partial charge is 0.376 e. The van der Waals surface area contributed by atoms with Crippen molar-refractivity contribution in [2.75, 3.05) is 23.8 Å². The molecule has 0 amide bonds. The molecule has 0 aromatic carbocycles. The van der Waals surface area contributed by atoms with E-state index in [1.807, 2.05) is 18.2 Å². The summed E-state index contributed by atoms with van der Waals surface area (Å²) >= 11 is 0. The average Bonchev–Trinajstić information content (AvgIpc) is 3.12. The van der Waals surface area contributed by atoms with Crippen LogP contribution in [0.25, 0.3) is 0 Å². The van der Waals surface area contributed by atoms with Gasteiger partial charge in [0.05, 0.1) is 12.1 Å². The number of ether oxygens (including phenoxy) is 1. The van der Waals surface area contributed by atoms with Crippen LogP contribution in [0, 0.1) is 5.92 Å². The van der Waals surface area contributed by atoms with Crippen molar-refractivity contribution in [1.82, 2.24) is 4.98 Å². The van der Waals surface area contributed by atoms with Crippen LogP contribution in [0.3, 0.4) is 0 Å². The van der Waals surface area contributed by atoms with E-state index in [4.69, 9.17) is 4.74 Å². The van der Waals surface area contributed by atoms with Crippen molar-refractivity contribution in [2.24, 2.45) is 5.92 Å². The first-order valence-corrected chi connectivity index (χ1v) is 6.96. The predicted octanol–water partition coefficient (Wildman–Crippen LogP) is 2.49. The molecule has 0 bridgehead atoms. The van der Waals surface area contributed by atoms with Crippen LogP contribution in [0.5, 0.6) is 0 Å². The fourth-order valence-electron chi connectivity index (χ4n) is 2.64. The van der Waals surface area contributed by atoms with Crippen LogP contribution in [0.4, 0.5) is 11.6 Å². The monoisotopic (exact) mass is 247 g/mol. The van der Waals surface area contributed by atoms with Crippen molar-refractivity contribution in [3.63, 3.8) is 0 Å². The Kier molecular flexibility index (Phi) is 3.37. The molecule has 2 fully saturated rings. The minimum Gasteiger partial charge on any atom is -0.376 e. The van der Waals surface area contributed by atoms with E-state index in [-0.39, 0.29) is 0 Å².